The summed E-state index contributed by atoms with van der Waals surface area (Å²) in [7, 11) is 1.42. The van der Waals surface area contributed by atoms with Gasteiger partial charge in [-0.3, -0.25) is 4.79 Å². The van der Waals surface area contributed by atoms with Gasteiger partial charge in [0.15, 0.2) is 5.78 Å². The van der Waals surface area contributed by atoms with Gasteiger partial charge in [0.2, 0.25) is 0 Å². The van der Waals surface area contributed by atoms with E-state index in [4.69, 9.17) is 4.74 Å². The monoisotopic (exact) mass is 290 g/mol. The highest BCUT2D eigenvalue weighted by Gasteiger charge is 2.36. The molecule has 0 bridgehead atoms. The molecule has 1 rings (SSSR count). The molecule has 0 heterocycles. The van der Waals surface area contributed by atoms with Crippen LogP contribution in [0, 0.1) is 0 Å². The minimum absolute atomic E-state index is 0.136. The van der Waals surface area contributed by atoms with Crippen molar-refractivity contribution in [3.63, 3.8) is 0 Å². The molecule has 3 nitrogen and oxygen atoms in total. The number of ketones is 1. The van der Waals surface area contributed by atoms with Gasteiger partial charge in [0.05, 0.1) is 0 Å². The molecule has 0 aliphatic heterocycles. The molecule has 0 aromatic heterocycles. The average Bonchev–Trinajstić information content (AvgIpc) is 2.39. The Balaban J connectivity index is 3.08. The molecule has 0 radical (unpaired) electrons. The normalized spacial score (nSPS) is 12.3. The molecule has 0 saturated heterocycles. The molecule has 6 heteroatoms. The first-order valence-electron chi connectivity index (χ1n) is 6.23. The lowest BCUT2D eigenvalue weighted by Gasteiger charge is -2.28. The number of hydrogen-bond donors (Lipinski definition) is 0. The van der Waals surface area contributed by atoms with E-state index in [-0.39, 0.29) is 11.3 Å². The first-order chi connectivity index (χ1) is 9.28. The molecule has 0 spiro atoms. The third-order valence-electron chi connectivity index (χ3n) is 3.28. The number of carbonyl (C=O) groups is 1. The minimum Gasteiger partial charge on any atom is -0.406 e. The molecule has 112 valence electrons. The van der Waals surface area contributed by atoms with E-state index in [0.29, 0.717) is 12.8 Å². The maximum absolute atomic E-state index is 12.4. The predicted molar refractivity (Wildman–Crippen MR) is 67.8 cm³/mol. The zero-order valence-electron chi connectivity index (χ0n) is 11.6. The smallest absolute Gasteiger partial charge is 0.406 e. The number of hydrogen-bond acceptors (Lipinski definition) is 3. The van der Waals surface area contributed by atoms with Crippen LogP contribution in [0.4, 0.5) is 13.2 Å². The van der Waals surface area contributed by atoms with E-state index >= 15 is 0 Å². The topological polar surface area (TPSA) is 35.5 Å². The summed E-state index contributed by atoms with van der Waals surface area (Å²) >= 11 is 0. The Morgan fingerprint density at radius 1 is 1.20 bits per heavy atom. The van der Waals surface area contributed by atoms with Gasteiger partial charge in [-0.05, 0) is 25.0 Å². The predicted octanol–water partition coefficient (Wildman–Crippen LogP) is 3.97. The molecule has 1 aromatic carbocycles. The fourth-order valence-corrected chi connectivity index (χ4v) is 2.05. The molecular formula is C14H17F3O3. The molecule has 1 aromatic rings. The van der Waals surface area contributed by atoms with Crippen LogP contribution >= 0.6 is 0 Å². The first-order valence-corrected chi connectivity index (χ1v) is 6.23. The second-order valence-electron chi connectivity index (χ2n) is 4.31. The minimum atomic E-state index is -4.78. The van der Waals surface area contributed by atoms with Crippen molar-refractivity contribution in [2.45, 2.75) is 38.7 Å². The summed E-state index contributed by atoms with van der Waals surface area (Å²) < 4.78 is 45.6. The zero-order valence-corrected chi connectivity index (χ0v) is 11.6. The Labute approximate surface area is 115 Å². The van der Waals surface area contributed by atoms with Gasteiger partial charge in [0, 0.05) is 12.7 Å². The van der Waals surface area contributed by atoms with Crippen molar-refractivity contribution in [1.29, 1.82) is 0 Å². The lowest BCUT2D eigenvalue weighted by Crippen LogP contribution is -2.39. The highest BCUT2D eigenvalue weighted by atomic mass is 19.4. The number of alkyl halides is 3. The largest absolute Gasteiger partial charge is 0.573 e. The maximum Gasteiger partial charge on any atom is 0.573 e. The Morgan fingerprint density at radius 2 is 1.80 bits per heavy atom. The van der Waals surface area contributed by atoms with Gasteiger partial charge in [0.25, 0.3) is 0 Å². The summed E-state index contributed by atoms with van der Waals surface area (Å²) in [5, 5.41) is 0. The molecule has 0 saturated carbocycles. The Hall–Kier alpha value is -1.56. The van der Waals surface area contributed by atoms with Crippen molar-refractivity contribution in [2.24, 2.45) is 0 Å². The lowest BCUT2D eigenvalue weighted by atomic mass is 9.87. The van der Waals surface area contributed by atoms with Crippen molar-refractivity contribution in [1.82, 2.24) is 0 Å². The van der Waals surface area contributed by atoms with Gasteiger partial charge < -0.3 is 9.47 Å². The van der Waals surface area contributed by atoms with Crippen LogP contribution in [0.1, 0.15) is 37.0 Å². The van der Waals surface area contributed by atoms with Gasteiger partial charge >= 0.3 is 6.36 Å². The molecule has 0 aliphatic carbocycles. The van der Waals surface area contributed by atoms with Crippen molar-refractivity contribution in [3.05, 3.63) is 29.8 Å². The van der Waals surface area contributed by atoms with Crippen LogP contribution in [0.25, 0.3) is 0 Å². The average molecular weight is 290 g/mol. The number of methoxy groups -OCH3 is 1. The number of ether oxygens (including phenoxy) is 2. The zero-order chi connectivity index (χ0) is 15.4. The fourth-order valence-electron chi connectivity index (χ4n) is 2.05. The molecule has 0 amide bonds. The number of Topliss-reactive ketones (excluding diaryl/α,β-unsaturated/α-hetero) is 1. The van der Waals surface area contributed by atoms with Crippen LogP contribution in [0.15, 0.2) is 24.3 Å². The van der Waals surface area contributed by atoms with Crippen LogP contribution in [0.5, 0.6) is 5.75 Å². The van der Waals surface area contributed by atoms with Crippen molar-refractivity contribution in [2.75, 3.05) is 7.11 Å². The van der Waals surface area contributed by atoms with E-state index in [1.54, 1.807) is 13.8 Å². The summed E-state index contributed by atoms with van der Waals surface area (Å²) in [6.07, 6.45) is -3.91. The standard InChI is InChI=1S/C14H17F3O3/c1-4-13(5-2,19-3)12(18)10-7-6-8-11(9-10)20-14(15,16)17/h6-9H,4-5H2,1-3H3. The van der Waals surface area contributed by atoms with Gasteiger partial charge in [-0.1, -0.05) is 26.0 Å². The van der Waals surface area contributed by atoms with E-state index in [2.05, 4.69) is 4.74 Å². The van der Waals surface area contributed by atoms with E-state index in [9.17, 15) is 18.0 Å². The number of carbonyl (C=O) groups excluding carboxylic acids is 1. The quantitative estimate of drug-likeness (QED) is 0.744. The van der Waals surface area contributed by atoms with Gasteiger partial charge in [0.1, 0.15) is 11.4 Å². The maximum atomic E-state index is 12.4. The number of halogens is 3. The van der Waals surface area contributed by atoms with Gasteiger partial charge in [-0.2, -0.15) is 0 Å². The Morgan fingerprint density at radius 3 is 2.25 bits per heavy atom. The number of rotatable bonds is 6. The third-order valence-corrected chi connectivity index (χ3v) is 3.28. The first kappa shape index (κ1) is 16.5. The molecule has 0 N–H and O–H groups in total. The van der Waals surface area contributed by atoms with Gasteiger partial charge in [-0.15, -0.1) is 13.2 Å². The Kier molecular flexibility index (Phi) is 5.16. The molecule has 0 unspecified atom stereocenters. The van der Waals surface area contributed by atoms with E-state index in [1.165, 1.54) is 19.2 Å². The second-order valence-corrected chi connectivity index (χ2v) is 4.31. The Bertz CT molecular complexity index is 457. The van der Waals surface area contributed by atoms with E-state index in [1.807, 2.05) is 0 Å². The summed E-state index contributed by atoms with van der Waals surface area (Å²) in [5.74, 6) is -0.766. The summed E-state index contributed by atoms with van der Waals surface area (Å²) in [6.45, 7) is 3.59. The lowest BCUT2D eigenvalue weighted by molar-refractivity contribution is -0.274. The van der Waals surface area contributed by atoms with Gasteiger partial charge in [-0.25, -0.2) is 0 Å². The summed E-state index contributed by atoms with van der Waals surface area (Å²) in [5.41, 5.74) is -0.881. The van der Waals surface area contributed by atoms with Crippen molar-refractivity contribution < 1.29 is 27.4 Å². The highest BCUT2D eigenvalue weighted by molar-refractivity contribution is 6.02. The van der Waals surface area contributed by atoms with E-state index in [0.717, 1.165) is 12.1 Å². The second kappa shape index (κ2) is 6.26. The third kappa shape index (κ3) is 3.72. The van der Waals surface area contributed by atoms with Crippen LogP contribution in [0.2, 0.25) is 0 Å². The highest BCUT2D eigenvalue weighted by Crippen LogP contribution is 2.28. The van der Waals surface area contributed by atoms with E-state index < -0.39 is 17.7 Å². The molecular weight excluding hydrogens is 273 g/mol. The molecule has 0 fully saturated rings. The summed E-state index contributed by atoms with van der Waals surface area (Å²) in [6, 6.07) is 5.02. The van der Waals surface area contributed by atoms with Crippen LogP contribution < -0.4 is 4.74 Å². The van der Waals surface area contributed by atoms with Crippen LogP contribution in [0.3, 0.4) is 0 Å². The summed E-state index contributed by atoms with van der Waals surface area (Å²) in [4.78, 5) is 12.4. The van der Waals surface area contributed by atoms with Crippen LogP contribution in [-0.4, -0.2) is 24.9 Å². The van der Waals surface area contributed by atoms with Crippen molar-refractivity contribution in [3.8, 4) is 5.75 Å². The molecule has 0 aliphatic rings. The SMILES string of the molecule is CCC(CC)(OC)C(=O)c1cccc(OC(F)(F)F)c1. The fraction of sp³-hybridized carbons (Fsp3) is 0.500. The molecule has 0 atom stereocenters. The van der Waals surface area contributed by atoms with Crippen molar-refractivity contribution >= 4 is 5.78 Å². The number of benzene rings is 1. The van der Waals surface area contributed by atoms with Crippen LogP contribution in [-0.2, 0) is 4.74 Å². The molecule has 20 heavy (non-hydrogen) atoms.